The third kappa shape index (κ3) is 4.21. The molecule has 0 bridgehead atoms. The van der Waals surface area contributed by atoms with Crippen LogP contribution in [0.15, 0.2) is 42.6 Å². The number of carbonyl (C=O) groups is 1. The Balaban J connectivity index is 2.00. The summed E-state index contributed by atoms with van der Waals surface area (Å²) in [6.45, 7) is 5.34. The van der Waals surface area contributed by atoms with E-state index in [0.717, 1.165) is 12.2 Å². The molecule has 1 heterocycles. The highest BCUT2D eigenvalue weighted by atomic mass is 16.5. The SMILES string of the molecule is CCNc1ccc(C(=O)Nc2ccc(OCC)nc2)cc1. The molecule has 0 aliphatic carbocycles. The van der Waals surface area contributed by atoms with E-state index in [2.05, 4.69) is 15.6 Å². The van der Waals surface area contributed by atoms with Crippen LogP contribution in [0.25, 0.3) is 0 Å². The fourth-order valence-corrected chi connectivity index (χ4v) is 1.83. The largest absolute Gasteiger partial charge is 0.478 e. The van der Waals surface area contributed by atoms with E-state index in [-0.39, 0.29) is 5.91 Å². The summed E-state index contributed by atoms with van der Waals surface area (Å²) < 4.78 is 5.26. The first-order valence-corrected chi connectivity index (χ1v) is 6.97. The van der Waals surface area contributed by atoms with Crippen molar-refractivity contribution in [1.82, 2.24) is 4.98 Å². The number of carbonyl (C=O) groups excluding carboxylic acids is 1. The average Bonchev–Trinajstić information content (AvgIpc) is 2.50. The third-order valence-electron chi connectivity index (χ3n) is 2.81. The molecule has 2 rings (SSSR count). The summed E-state index contributed by atoms with van der Waals surface area (Å²) in [6, 6.07) is 10.8. The molecule has 0 saturated heterocycles. The van der Waals surface area contributed by atoms with E-state index in [0.29, 0.717) is 23.7 Å². The van der Waals surface area contributed by atoms with Gasteiger partial charge in [0.25, 0.3) is 5.91 Å². The van der Waals surface area contributed by atoms with Gasteiger partial charge in [0.1, 0.15) is 0 Å². The standard InChI is InChI=1S/C16H19N3O2/c1-3-17-13-7-5-12(6-8-13)16(20)19-14-9-10-15(18-11-14)21-4-2/h5-11,17H,3-4H2,1-2H3,(H,19,20). The third-order valence-corrected chi connectivity index (χ3v) is 2.81. The Morgan fingerprint density at radius 3 is 2.38 bits per heavy atom. The van der Waals surface area contributed by atoms with Gasteiger partial charge in [-0.15, -0.1) is 0 Å². The van der Waals surface area contributed by atoms with Crippen LogP contribution in [-0.4, -0.2) is 24.0 Å². The van der Waals surface area contributed by atoms with Crippen molar-refractivity contribution in [3.05, 3.63) is 48.2 Å². The highest BCUT2D eigenvalue weighted by Crippen LogP contribution is 2.14. The molecule has 0 fully saturated rings. The monoisotopic (exact) mass is 285 g/mol. The maximum absolute atomic E-state index is 12.1. The van der Waals surface area contributed by atoms with E-state index in [4.69, 9.17) is 4.74 Å². The predicted molar refractivity (Wildman–Crippen MR) is 84.0 cm³/mol. The van der Waals surface area contributed by atoms with Crippen molar-refractivity contribution in [2.45, 2.75) is 13.8 Å². The van der Waals surface area contributed by atoms with Gasteiger partial charge in [-0.1, -0.05) is 0 Å². The van der Waals surface area contributed by atoms with Crippen LogP contribution in [0.4, 0.5) is 11.4 Å². The highest BCUT2D eigenvalue weighted by Gasteiger charge is 2.06. The minimum absolute atomic E-state index is 0.163. The Bertz CT molecular complexity index is 579. The van der Waals surface area contributed by atoms with Crippen molar-refractivity contribution >= 4 is 17.3 Å². The van der Waals surface area contributed by atoms with Gasteiger partial charge in [-0.05, 0) is 44.2 Å². The summed E-state index contributed by atoms with van der Waals surface area (Å²) in [6.07, 6.45) is 1.58. The minimum Gasteiger partial charge on any atom is -0.478 e. The quantitative estimate of drug-likeness (QED) is 0.855. The number of anilines is 2. The number of hydrogen-bond acceptors (Lipinski definition) is 4. The average molecular weight is 285 g/mol. The molecule has 0 aliphatic heterocycles. The number of aromatic nitrogens is 1. The Labute approximate surface area is 124 Å². The fraction of sp³-hybridized carbons (Fsp3) is 0.250. The molecule has 5 heteroatoms. The molecular weight excluding hydrogens is 266 g/mol. The number of hydrogen-bond donors (Lipinski definition) is 2. The summed E-state index contributed by atoms with van der Waals surface area (Å²) in [4.78, 5) is 16.2. The van der Waals surface area contributed by atoms with E-state index < -0.39 is 0 Å². The van der Waals surface area contributed by atoms with Crippen molar-refractivity contribution in [2.24, 2.45) is 0 Å². The van der Waals surface area contributed by atoms with Crippen molar-refractivity contribution in [1.29, 1.82) is 0 Å². The van der Waals surface area contributed by atoms with Gasteiger partial charge < -0.3 is 15.4 Å². The van der Waals surface area contributed by atoms with Gasteiger partial charge in [-0.25, -0.2) is 4.98 Å². The van der Waals surface area contributed by atoms with Crippen LogP contribution in [0.3, 0.4) is 0 Å². The van der Waals surface area contributed by atoms with Crippen LogP contribution in [-0.2, 0) is 0 Å². The van der Waals surface area contributed by atoms with Crippen LogP contribution in [0.1, 0.15) is 24.2 Å². The molecule has 21 heavy (non-hydrogen) atoms. The lowest BCUT2D eigenvalue weighted by molar-refractivity contribution is 0.102. The molecule has 0 saturated carbocycles. The van der Waals surface area contributed by atoms with E-state index in [1.165, 1.54) is 0 Å². The molecule has 0 unspecified atom stereocenters. The van der Waals surface area contributed by atoms with Gasteiger partial charge in [0.05, 0.1) is 18.5 Å². The lowest BCUT2D eigenvalue weighted by Crippen LogP contribution is -2.12. The molecule has 0 spiro atoms. The van der Waals surface area contributed by atoms with E-state index >= 15 is 0 Å². The first-order chi connectivity index (χ1) is 10.2. The Hall–Kier alpha value is -2.56. The first kappa shape index (κ1) is 14.8. The number of nitrogens with zero attached hydrogens (tertiary/aromatic N) is 1. The van der Waals surface area contributed by atoms with Crippen molar-refractivity contribution in [2.75, 3.05) is 23.8 Å². The number of pyridine rings is 1. The smallest absolute Gasteiger partial charge is 0.255 e. The lowest BCUT2D eigenvalue weighted by atomic mass is 10.2. The van der Waals surface area contributed by atoms with E-state index in [1.807, 2.05) is 26.0 Å². The molecule has 1 amide bonds. The van der Waals surface area contributed by atoms with Gasteiger partial charge >= 0.3 is 0 Å². The zero-order valence-electron chi connectivity index (χ0n) is 12.2. The molecule has 1 aromatic heterocycles. The lowest BCUT2D eigenvalue weighted by Gasteiger charge is -2.07. The number of nitrogens with one attached hydrogen (secondary N) is 2. The molecule has 1 aromatic carbocycles. The van der Waals surface area contributed by atoms with Crippen LogP contribution >= 0.6 is 0 Å². The number of amides is 1. The normalized spacial score (nSPS) is 10.0. The second-order valence-corrected chi connectivity index (χ2v) is 4.38. The molecule has 0 aliphatic rings. The topological polar surface area (TPSA) is 63.2 Å². The number of benzene rings is 1. The van der Waals surface area contributed by atoms with Crippen molar-refractivity contribution < 1.29 is 9.53 Å². The molecule has 5 nitrogen and oxygen atoms in total. The van der Waals surface area contributed by atoms with Crippen LogP contribution in [0, 0.1) is 0 Å². The Kier molecular flexibility index (Phi) is 5.15. The first-order valence-electron chi connectivity index (χ1n) is 6.97. The highest BCUT2D eigenvalue weighted by molar-refractivity contribution is 6.04. The fourth-order valence-electron chi connectivity index (χ4n) is 1.83. The summed E-state index contributed by atoms with van der Waals surface area (Å²) in [5.74, 6) is 0.384. The zero-order chi connectivity index (χ0) is 15.1. The predicted octanol–water partition coefficient (Wildman–Crippen LogP) is 3.16. The Morgan fingerprint density at radius 1 is 1.10 bits per heavy atom. The van der Waals surface area contributed by atoms with Gasteiger partial charge in [-0.2, -0.15) is 0 Å². The summed E-state index contributed by atoms with van der Waals surface area (Å²) >= 11 is 0. The van der Waals surface area contributed by atoms with E-state index in [9.17, 15) is 4.79 Å². The summed E-state index contributed by atoms with van der Waals surface area (Å²) in [5, 5.41) is 5.99. The molecule has 2 aromatic rings. The molecule has 110 valence electrons. The zero-order valence-corrected chi connectivity index (χ0v) is 12.2. The molecule has 2 N–H and O–H groups in total. The van der Waals surface area contributed by atoms with Crippen LogP contribution < -0.4 is 15.4 Å². The van der Waals surface area contributed by atoms with E-state index in [1.54, 1.807) is 30.5 Å². The maximum Gasteiger partial charge on any atom is 0.255 e. The minimum atomic E-state index is -0.163. The maximum atomic E-state index is 12.1. The molecule has 0 radical (unpaired) electrons. The van der Waals surface area contributed by atoms with Gasteiger partial charge in [0.2, 0.25) is 5.88 Å². The van der Waals surface area contributed by atoms with Gasteiger partial charge in [0.15, 0.2) is 0 Å². The summed E-state index contributed by atoms with van der Waals surface area (Å²) in [5.41, 5.74) is 2.24. The van der Waals surface area contributed by atoms with Gasteiger partial charge in [-0.3, -0.25) is 4.79 Å². The summed E-state index contributed by atoms with van der Waals surface area (Å²) in [7, 11) is 0. The number of ether oxygens (including phenoxy) is 1. The number of rotatable bonds is 6. The van der Waals surface area contributed by atoms with Gasteiger partial charge in [0, 0.05) is 23.9 Å². The second kappa shape index (κ2) is 7.28. The second-order valence-electron chi connectivity index (χ2n) is 4.38. The molecule has 0 atom stereocenters. The van der Waals surface area contributed by atoms with Crippen molar-refractivity contribution in [3.8, 4) is 5.88 Å². The van der Waals surface area contributed by atoms with Crippen molar-refractivity contribution in [3.63, 3.8) is 0 Å². The Morgan fingerprint density at radius 2 is 1.81 bits per heavy atom. The van der Waals surface area contributed by atoms with Crippen LogP contribution in [0.2, 0.25) is 0 Å². The van der Waals surface area contributed by atoms with Crippen LogP contribution in [0.5, 0.6) is 5.88 Å². The molecular formula is C16H19N3O2.